The van der Waals surface area contributed by atoms with Crippen molar-refractivity contribution in [3.8, 4) is 5.75 Å². The number of aliphatic hydroxyl groups is 1. The van der Waals surface area contributed by atoms with Crippen LogP contribution >= 0.6 is 0 Å². The third-order valence-electron chi connectivity index (χ3n) is 3.89. The normalized spacial score (nSPS) is 11.1. The van der Waals surface area contributed by atoms with Gasteiger partial charge in [0.2, 0.25) is 0 Å². The van der Waals surface area contributed by atoms with Crippen LogP contribution in [0.5, 0.6) is 5.75 Å². The summed E-state index contributed by atoms with van der Waals surface area (Å²) in [5.41, 5.74) is -0.293. The predicted octanol–water partition coefficient (Wildman–Crippen LogP) is 2.66. The lowest BCUT2D eigenvalue weighted by Crippen LogP contribution is -2.48. The number of nitrogens with zero attached hydrogens (tertiary/aromatic N) is 1. The average molecular weight is 359 g/mol. The molecule has 1 N–H and O–H groups in total. The first-order valence-electron chi connectivity index (χ1n) is 8.20. The molecule has 0 aliphatic carbocycles. The van der Waals surface area contributed by atoms with Gasteiger partial charge in [0.15, 0.2) is 11.4 Å². The zero-order valence-electron chi connectivity index (χ0n) is 15.0. The molecule has 0 atom stereocenters. The molecule has 0 radical (unpaired) electrons. The van der Waals surface area contributed by atoms with Gasteiger partial charge in [0.05, 0.1) is 6.61 Å². The van der Waals surface area contributed by atoms with Gasteiger partial charge in [0.1, 0.15) is 11.6 Å². The largest absolute Gasteiger partial charge is 0.478 e. The van der Waals surface area contributed by atoms with Crippen LogP contribution in [0.1, 0.15) is 29.8 Å². The van der Waals surface area contributed by atoms with Crippen molar-refractivity contribution < 1.29 is 23.8 Å². The maximum absolute atomic E-state index is 13.0. The molecule has 0 saturated carbocycles. The van der Waals surface area contributed by atoms with E-state index in [-0.39, 0.29) is 24.8 Å². The van der Waals surface area contributed by atoms with Gasteiger partial charge in [0.25, 0.3) is 5.91 Å². The van der Waals surface area contributed by atoms with Crippen molar-refractivity contribution in [2.24, 2.45) is 0 Å². The quantitative estimate of drug-likeness (QED) is 0.772. The molecule has 26 heavy (non-hydrogen) atoms. The monoisotopic (exact) mass is 359 g/mol. The van der Waals surface area contributed by atoms with E-state index in [1.165, 1.54) is 29.2 Å². The standard InChI is InChI=1S/C20H22FNO4/c1-20(2,19(25)22(3)12-13-23)26-17-10-6-15(7-11-17)18(24)14-4-8-16(21)9-5-14/h4-11,23H,12-13H2,1-3H3. The van der Waals surface area contributed by atoms with Crippen LogP contribution in [0.3, 0.4) is 0 Å². The van der Waals surface area contributed by atoms with E-state index < -0.39 is 11.4 Å². The SMILES string of the molecule is CN(CCO)C(=O)C(C)(C)Oc1ccc(C(=O)c2ccc(F)cc2)cc1. The number of ketones is 1. The van der Waals surface area contributed by atoms with Crippen LogP contribution in [0, 0.1) is 5.82 Å². The van der Waals surface area contributed by atoms with Gasteiger partial charge in [-0.3, -0.25) is 9.59 Å². The molecular formula is C20H22FNO4. The number of ether oxygens (including phenoxy) is 1. The Kier molecular flexibility index (Phi) is 6.10. The Labute approximate surface area is 152 Å². The van der Waals surface area contributed by atoms with Gasteiger partial charge in [-0.25, -0.2) is 4.39 Å². The second-order valence-corrected chi connectivity index (χ2v) is 6.42. The van der Waals surface area contributed by atoms with Crippen molar-refractivity contribution in [1.29, 1.82) is 0 Å². The summed E-state index contributed by atoms with van der Waals surface area (Å²) < 4.78 is 18.7. The number of hydrogen-bond acceptors (Lipinski definition) is 4. The summed E-state index contributed by atoms with van der Waals surface area (Å²) in [6.45, 7) is 3.37. The van der Waals surface area contributed by atoms with Crippen LogP contribution in [0.25, 0.3) is 0 Å². The fourth-order valence-electron chi connectivity index (χ4n) is 2.49. The summed E-state index contributed by atoms with van der Waals surface area (Å²) in [6.07, 6.45) is 0. The number of amides is 1. The summed E-state index contributed by atoms with van der Waals surface area (Å²) in [5, 5.41) is 8.95. The Morgan fingerprint density at radius 2 is 1.54 bits per heavy atom. The van der Waals surface area contributed by atoms with Crippen molar-refractivity contribution in [3.05, 3.63) is 65.5 Å². The Bertz CT molecular complexity index is 769. The lowest BCUT2D eigenvalue weighted by atomic mass is 10.0. The lowest BCUT2D eigenvalue weighted by molar-refractivity contribution is -0.144. The van der Waals surface area contributed by atoms with Crippen molar-refractivity contribution in [1.82, 2.24) is 4.90 Å². The van der Waals surface area contributed by atoms with E-state index in [2.05, 4.69) is 0 Å². The number of carbonyl (C=O) groups is 2. The fourth-order valence-corrected chi connectivity index (χ4v) is 2.49. The van der Waals surface area contributed by atoms with Crippen LogP contribution in [-0.4, -0.2) is 47.5 Å². The highest BCUT2D eigenvalue weighted by atomic mass is 19.1. The summed E-state index contributed by atoms with van der Waals surface area (Å²) >= 11 is 0. The smallest absolute Gasteiger partial charge is 0.265 e. The van der Waals surface area contributed by atoms with Gasteiger partial charge >= 0.3 is 0 Å². The number of aliphatic hydroxyl groups excluding tert-OH is 1. The summed E-state index contributed by atoms with van der Waals surface area (Å²) in [6, 6.07) is 11.7. The lowest BCUT2D eigenvalue weighted by Gasteiger charge is -2.29. The van der Waals surface area contributed by atoms with Crippen LogP contribution in [0.15, 0.2) is 48.5 Å². The molecule has 2 aromatic rings. The minimum absolute atomic E-state index is 0.126. The number of rotatable bonds is 7. The zero-order chi connectivity index (χ0) is 19.3. The molecule has 5 nitrogen and oxygen atoms in total. The van der Waals surface area contributed by atoms with Crippen LogP contribution in [-0.2, 0) is 4.79 Å². The Morgan fingerprint density at radius 1 is 1.04 bits per heavy atom. The molecule has 0 unspecified atom stereocenters. The van der Waals surface area contributed by atoms with E-state index in [4.69, 9.17) is 9.84 Å². The number of hydrogen-bond donors (Lipinski definition) is 1. The molecule has 1 amide bonds. The molecule has 2 rings (SSSR count). The number of likely N-dealkylation sites (N-methyl/N-ethyl adjacent to an activating group) is 1. The predicted molar refractivity (Wildman–Crippen MR) is 95.7 cm³/mol. The Balaban J connectivity index is 2.10. The molecule has 0 aliphatic rings. The summed E-state index contributed by atoms with van der Waals surface area (Å²) in [4.78, 5) is 26.1. The third-order valence-corrected chi connectivity index (χ3v) is 3.89. The number of benzene rings is 2. The zero-order valence-corrected chi connectivity index (χ0v) is 15.0. The second-order valence-electron chi connectivity index (χ2n) is 6.42. The molecule has 2 aromatic carbocycles. The molecule has 0 saturated heterocycles. The van der Waals surface area contributed by atoms with Gasteiger partial charge in [0, 0.05) is 24.7 Å². The number of halogens is 1. The van der Waals surface area contributed by atoms with Crippen molar-refractivity contribution in [2.75, 3.05) is 20.2 Å². The van der Waals surface area contributed by atoms with Gasteiger partial charge in [-0.2, -0.15) is 0 Å². The van der Waals surface area contributed by atoms with Gasteiger partial charge in [-0.05, 0) is 62.4 Å². The maximum atomic E-state index is 13.0. The third kappa shape index (κ3) is 4.67. The second kappa shape index (κ2) is 8.10. The van der Waals surface area contributed by atoms with Crippen molar-refractivity contribution in [2.45, 2.75) is 19.4 Å². The first kappa shape index (κ1) is 19.6. The van der Waals surface area contributed by atoms with Crippen LogP contribution < -0.4 is 4.74 Å². The summed E-state index contributed by atoms with van der Waals surface area (Å²) in [7, 11) is 1.59. The van der Waals surface area contributed by atoms with Gasteiger partial charge in [-0.1, -0.05) is 0 Å². The van der Waals surface area contributed by atoms with E-state index in [1.807, 2.05) is 0 Å². The first-order valence-corrected chi connectivity index (χ1v) is 8.20. The molecule has 138 valence electrons. The van der Waals surface area contributed by atoms with E-state index in [9.17, 15) is 14.0 Å². The van der Waals surface area contributed by atoms with Crippen molar-refractivity contribution in [3.63, 3.8) is 0 Å². The Hall–Kier alpha value is -2.73. The average Bonchev–Trinajstić information content (AvgIpc) is 2.61. The maximum Gasteiger partial charge on any atom is 0.265 e. The Morgan fingerprint density at radius 3 is 2.04 bits per heavy atom. The molecule has 0 aliphatic heterocycles. The fraction of sp³-hybridized carbons (Fsp3) is 0.300. The molecule has 0 heterocycles. The molecule has 0 aromatic heterocycles. The van der Waals surface area contributed by atoms with Crippen LogP contribution in [0.2, 0.25) is 0 Å². The number of carbonyl (C=O) groups excluding carboxylic acids is 2. The molecular weight excluding hydrogens is 337 g/mol. The summed E-state index contributed by atoms with van der Waals surface area (Å²) in [5.74, 6) is -0.452. The van der Waals surface area contributed by atoms with Gasteiger partial charge in [-0.15, -0.1) is 0 Å². The van der Waals surface area contributed by atoms with Crippen LogP contribution in [0.4, 0.5) is 4.39 Å². The van der Waals surface area contributed by atoms with E-state index in [0.717, 1.165) is 0 Å². The minimum atomic E-state index is -1.12. The van der Waals surface area contributed by atoms with Gasteiger partial charge < -0.3 is 14.7 Å². The highest BCUT2D eigenvalue weighted by Gasteiger charge is 2.32. The van der Waals surface area contributed by atoms with E-state index in [1.54, 1.807) is 45.2 Å². The highest BCUT2D eigenvalue weighted by molar-refractivity contribution is 6.09. The molecule has 0 bridgehead atoms. The minimum Gasteiger partial charge on any atom is -0.478 e. The highest BCUT2D eigenvalue weighted by Crippen LogP contribution is 2.22. The van der Waals surface area contributed by atoms with E-state index in [0.29, 0.717) is 16.9 Å². The molecule has 0 fully saturated rings. The molecule has 6 heteroatoms. The van der Waals surface area contributed by atoms with E-state index >= 15 is 0 Å². The molecule has 0 spiro atoms. The topological polar surface area (TPSA) is 66.8 Å². The van der Waals surface area contributed by atoms with Crippen molar-refractivity contribution >= 4 is 11.7 Å². The first-order chi connectivity index (χ1) is 12.2.